The molecule has 6 aromatic carbocycles. The van der Waals surface area contributed by atoms with Crippen molar-refractivity contribution in [3.8, 4) is 51.0 Å². The van der Waals surface area contributed by atoms with Crippen molar-refractivity contribution >= 4 is 39.0 Å². The molecule has 58 heavy (non-hydrogen) atoms. The molecule has 5 heteroatoms. The van der Waals surface area contributed by atoms with Crippen LogP contribution in [0.4, 0.5) is 17.2 Å². The molecule has 0 saturated heterocycles. The molecular formula is C53H36N4O+2. The first kappa shape index (κ1) is 30.2. The topological polar surface area (TPSA) is 25.2 Å². The van der Waals surface area contributed by atoms with E-state index < -0.39 is 5.66 Å². The van der Waals surface area contributed by atoms with Gasteiger partial charge in [-0.3, -0.25) is 0 Å². The van der Waals surface area contributed by atoms with Gasteiger partial charge in [-0.05, 0) is 70.8 Å². The summed E-state index contributed by atoms with van der Waals surface area (Å²) in [5.41, 5.74) is 19.0. The lowest BCUT2D eigenvalue weighted by Crippen LogP contribution is -2.76. The monoisotopic (exact) mass is 744 g/mol. The Labute approximate surface area is 335 Å². The highest BCUT2D eigenvalue weighted by atomic mass is 16.5. The van der Waals surface area contributed by atoms with Crippen molar-refractivity contribution in [3.05, 3.63) is 179 Å². The summed E-state index contributed by atoms with van der Waals surface area (Å²) in [6, 6.07) is 54.6. The van der Waals surface area contributed by atoms with Gasteiger partial charge in [-0.25, -0.2) is 0 Å². The van der Waals surface area contributed by atoms with Crippen LogP contribution >= 0.6 is 0 Å². The Morgan fingerprint density at radius 1 is 0.483 bits per heavy atom. The Morgan fingerprint density at radius 3 is 1.95 bits per heavy atom. The molecule has 6 aliphatic heterocycles. The van der Waals surface area contributed by atoms with Crippen LogP contribution in [0.2, 0.25) is 0 Å². The molecule has 5 nitrogen and oxygen atoms in total. The number of pyridine rings is 2. The fourth-order valence-corrected chi connectivity index (χ4v) is 12.3. The van der Waals surface area contributed by atoms with E-state index in [9.17, 15) is 0 Å². The van der Waals surface area contributed by atoms with Gasteiger partial charge in [0.2, 0.25) is 0 Å². The third-order valence-corrected chi connectivity index (χ3v) is 14.9. The lowest BCUT2D eigenvalue weighted by molar-refractivity contribution is -0.932. The minimum absolute atomic E-state index is 0.239. The number of benzene rings is 6. The number of aromatic nitrogens is 3. The Hall–Kier alpha value is -6.98. The Bertz CT molecular complexity index is 3470. The molecule has 0 N–H and O–H groups in total. The van der Waals surface area contributed by atoms with E-state index in [1.807, 2.05) is 0 Å². The smallest absolute Gasteiger partial charge is 0.323 e. The van der Waals surface area contributed by atoms with Crippen LogP contribution in [0.3, 0.4) is 0 Å². The maximum atomic E-state index is 7.22. The first-order valence-corrected chi connectivity index (χ1v) is 20.5. The van der Waals surface area contributed by atoms with Crippen molar-refractivity contribution < 1.29 is 13.9 Å². The van der Waals surface area contributed by atoms with E-state index in [1.54, 1.807) is 0 Å². The van der Waals surface area contributed by atoms with Crippen LogP contribution in [-0.2, 0) is 16.5 Å². The molecule has 9 heterocycles. The second-order valence-electron chi connectivity index (χ2n) is 18.1. The summed E-state index contributed by atoms with van der Waals surface area (Å²) < 4.78 is 15.2. The quantitative estimate of drug-likeness (QED) is 0.165. The average Bonchev–Trinajstić information content (AvgIpc) is 3.75. The van der Waals surface area contributed by atoms with Crippen molar-refractivity contribution in [3.63, 3.8) is 0 Å². The van der Waals surface area contributed by atoms with Gasteiger partial charge in [-0.1, -0.05) is 119 Å². The van der Waals surface area contributed by atoms with Crippen molar-refractivity contribution in [1.82, 2.24) is 4.57 Å². The SMILES string of the molecule is CC1(C)c2cccc3c2N2c4c1ccc1c4C45c6c(ccc7c8ccccc8n(c67)-c6cc(-c7ccc(-c8ccccc8)cc7)cc([n+]64)-c4ccc(c2[n+]45)C3(C)C)O1. The van der Waals surface area contributed by atoms with Crippen LogP contribution < -0.4 is 18.8 Å². The molecule has 6 aliphatic rings. The number of hydrogen-bond acceptors (Lipinski definition) is 2. The minimum atomic E-state index is -0.731. The van der Waals surface area contributed by atoms with Gasteiger partial charge in [-0.15, -0.1) is 0 Å². The molecule has 0 aliphatic carbocycles. The molecule has 0 bridgehead atoms. The zero-order valence-electron chi connectivity index (χ0n) is 32.6. The maximum absolute atomic E-state index is 7.22. The number of fused-ring (bicyclic) bond motifs is 5. The zero-order valence-corrected chi connectivity index (χ0v) is 32.6. The highest BCUT2D eigenvalue weighted by Crippen LogP contribution is 2.67. The van der Waals surface area contributed by atoms with Gasteiger partial charge in [-0.2, -0.15) is 18.6 Å². The van der Waals surface area contributed by atoms with E-state index in [2.05, 4.69) is 192 Å². The Kier molecular flexibility index (Phi) is 4.81. The summed E-state index contributed by atoms with van der Waals surface area (Å²) >= 11 is 0. The second kappa shape index (κ2) is 9.25. The third-order valence-electron chi connectivity index (χ3n) is 14.9. The predicted octanol–water partition coefficient (Wildman–Crippen LogP) is 11.5. The van der Waals surface area contributed by atoms with Crippen LogP contribution in [0.5, 0.6) is 11.5 Å². The molecule has 0 fully saturated rings. The van der Waals surface area contributed by atoms with Gasteiger partial charge in [0.25, 0.3) is 11.6 Å². The lowest BCUT2D eigenvalue weighted by atomic mass is 9.64. The number of rotatable bonds is 2. The number of hydrogen-bond donors (Lipinski definition) is 0. The van der Waals surface area contributed by atoms with E-state index in [0.29, 0.717) is 0 Å². The lowest BCUT2D eigenvalue weighted by Gasteiger charge is -2.50. The van der Waals surface area contributed by atoms with Crippen LogP contribution in [0.1, 0.15) is 61.1 Å². The first-order valence-electron chi connectivity index (χ1n) is 20.5. The van der Waals surface area contributed by atoms with Gasteiger partial charge in [0.15, 0.2) is 22.6 Å². The summed E-state index contributed by atoms with van der Waals surface area (Å²) in [4.78, 5) is 2.65. The van der Waals surface area contributed by atoms with Crippen LogP contribution in [0.25, 0.3) is 61.3 Å². The normalized spacial score (nSPS) is 18.8. The second-order valence-corrected chi connectivity index (χ2v) is 18.1. The molecule has 1 spiro atoms. The molecule has 0 saturated carbocycles. The van der Waals surface area contributed by atoms with Crippen molar-refractivity contribution in [2.45, 2.75) is 44.2 Å². The number of ether oxygens (including phenoxy) is 1. The molecular weight excluding hydrogens is 709 g/mol. The van der Waals surface area contributed by atoms with Crippen molar-refractivity contribution in [1.29, 1.82) is 0 Å². The van der Waals surface area contributed by atoms with E-state index >= 15 is 0 Å². The fourth-order valence-electron chi connectivity index (χ4n) is 12.3. The van der Waals surface area contributed by atoms with E-state index in [-0.39, 0.29) is 10.8 Å². The summed E-state index contributed by atoms with van der Waals surface area (Å²) in [6.07, 6.45) is 0. The van der Waals surface area contributed by atoms with Crippen molar-refractivity contribution in [2.75, 3.05) is 4.90 Å². The summed E-state index contributed by atoms with van der Waals surface area (Å²) in [5.74, 6) is 4.28. The predicted molar refractivity (Wildman–Crippen MR) is 228 cm³/mol. The number of nitrogens with zero attached hydrogens (tertiary/aromatic N) is 4. The molecule has 15 rings (SSSR count). The fraction of sp³-hybridized carbons (Fsp3) is 0.132. The molecule has 3 aromatic heterocycles. The van der Waals surface area contributed by atoms with E-state index in [1.165, 1.54) is 106 Å². The number of para-hydroxylation sites is 2. The molecule has 272 valence electrons. The van der Waals surface area contributed by atoms with Gasteiger partial charge in [0, 0.05) is 44.4 Å². The molecule has 0 radical (unpaired) electrons. The van der Waals surface area contributed by atoms with Gasteiger partial charge < -0.3 is 4.74 Å². The average molecular weight is 745 g/mol. The zero-order chi connectivity index (χ0) is 38.2. The summed E-state index contributed by atoms with van der Waals surface area (Å²) in [5, 5.41) is 2.50. The Morgan fingerprint density at radius 2 is 1.14 bits per heavy atom. The molecule has 1 atom stereocenters. The van der Waals surface area contributed by atoms with E-state index in [0.717, 1.165) is 17.3 Å². The largest absolute Gasteiger partial charge is 0.456 e. The van der Waals surface area contributed by atoms with Gasteiger partial charge in [0.05, 0.1) is 5.56 Å². The third kappa shape index (κ3) is 2.97. The van der Waals surface area contributed by atoms with Gasteiger partial charge in [0.1, 0.15) is 33.8 Å². The maximum Gasteiger partial charge on any atom is 0.323 e. The van der Waals surface area contributed by atoms with Gasteiger partial charge >= 0.3 is 5.66 Å². The van der Waals surface area contributed by atoms with Crippen LogP contribution in [0.15, 0.2) is 146 Å². The summed E-state index contributed by atoms with van der Waals surface area (Å²) in [7, 11) is 0. The minimum Gasteiger partial charge on any atom is -0.456 e. The van der Waals surface area contributed by atoms with Crippen molar-refractivity contribution in [2.24, 2.45) is 0 Å². The first-order chi connectivity index (χ1) is 28.3. The molecule has 9 aromatic rings. The van der Waals surface area contributed by atoms with Crippen LogP contribution in [0, 0.1) is 0 Å². The molecule has 0 amide bonds. The molecule has 1 unspecified atom stereocenters. The standard InChI is InChI=1S/C53H36N4O/c1-51(2)35-14-10-15-36-48(35)55-49-37(51)23-26-43-46(49)53-45-42(58-43)25-21-34-33-13-8-9-16-39(33)54(47(34)45)44-28-32(31-19-17-30(18-20-31)29-11-6-5-7-12-29)27-41(56(44)53)40-24-22-38(52(36,3)4)50(55)57(40)53/h5-28H,1-4H3/q+2. The highest BCUT2D eigenvalue weighted by molar-refractivity contribution is 6.12. The highest BCUT2D eigenvalue weighted by Gasteiger charge is 2.72. The summed E-state index contributed by atoms with van der Waals surface area (Å²) in [6.45, 7) is 9.69. The Balaban J connectivity index is 1.16. The van der Waals surface area contributed by atoms with E-state index in [4.69, 9.17) is 4.74 Å². The number of anilines is 3. The van der Waals surface area contributed by atoms with Crippen LogP contribution in [-0.4, -0.2) is 4.57 Å².